The lowest BCUT2D eigenvalue weighted by Gasteiger charge is -2.12. The van der Waals surface area contributed by atoms with Crippen LogP contribution in [0.2, 0.25) is 0 Å². The molecule has 2 amide bonds. The molecule has 33 heavy (non-hydrogen) atoms. The van der Waals surface area contributed by atoms with Gasteiger partial charge in [-0.05, 0) is 18.2 Å². The molecule has 10 nitrogen and oxygen atoms in total. The van der Waals surface area contributed by atoms with Gasteiger partial charge in [-0.1, -0.05) is 6.92 Å². The molecule has 0 bridgehead atoms. The van der Waals surface area contributed by atoms with E-state index >= 15 is 0 Å². The second kappa shape index (κ2) is 9.02. The Labute approximate surface area is 186 Å². The van der Waals surface area contributed by atoms with Gasteiger partial charge in [0.1, 0.15) is 17.2 Å². The minimum atomic E-state index is -4.68. The summed E-state index contributed by atoms with van der Waals surface area (Å²) in [6, 6.07) is 4.48. The number of carbonyl (C=O) groups is 1. The maximum Gasteiger partial charge on any atom is 0.433 e. The van der Waals surface area contributed by atoms with E-state index in [2.05, 4.69) is 25.6 Å². The van der Waals surface area contributed by atoms with E-state index < -0.39 is 27.7 Å². The number of anilines is 1. The number of nitrogens with one attached hydrogen (secondary N) is 2. The van der Waals surface area contributed by atoms with Crippen molar-refractivity contribution in [3.05, 3.63) is 30.1 Å². The van der Waals surface area contributed by atoms with Crippen molar-refractivity contribution < 1.29 is 26.4 Å². The molecule has 0 spiro atoms. The van der Waals surface area contributed by atoms with Crippen molar-refractivity contribution >= 4 is 32.7 Å². The van der Waals surface area contributed by atoms with Crippen molar-refractivity contribution in [1.82, 2.24) is 24.8 Å². The summed E-state index contributed by atoms with van der Waals surface area (Å²) in [6.07, 6.45) is -3.59. The molecule has 0 saturated heterocycles. The Morgan fingerprint density at radius 1 is 1.27 bits per heavy atom. The van der Waals surface area contributed by atoms with E-state index in [1.807, 2.05) is 6.07 Å². The molecule has 0 aliphatic carbocycles. The number of amides is 2. The van der Waals surface area contributed by atoms with Crippen LogP contribution in [-0.2, 0) is 23.1 Å². The predicted molar refractivity (Wildman–Crippen MR) is 112 cm³/mol. The molecule has 0 unspecified atom stereocenters. The van der Waals surface area contributed by atoms with Gasteiger partial charge in [0.15, 0.2) is 15.7 Å². The molecule has 0 atom stereocenters. The Bertz CT molecular complexity index is 1360. The molecule has 0 aromatic carbocycles. The van der Waals surface area contributed by atoms with Crippen LogP contribution in [-0.4, -0.2) is 46.3 Å². The van der Waals surface area contributed by atoms with Crippen LogP contribution >= 0.6 is 0 Å². The first-order valence-electron chi connectivity index (χ1n) is 9.53. The lowest BCUT2D eigenvalue weighted by molar-refractivity contribution is -0.141. The number of alkyl halides is 3. The summed E-state index contributed by atoms with van der Waals surface area (Å²) in [5.74, 6) is -0.297. The maximum atomic E-state index is 13.0. The number of carbonyl (C=O) groups excluding carboxylic acids is 1. The molecule has 3 aromatic rings. The van der Waals surface area contributed by atoms with E-state index in [4.69, 9.17) is 5.26 Å². The summed E-state index contributed by atoms with van der Waals surface area (Å²) >= 11 is 0. The molecule has 3 heterocycles. The molecule has 174 valence electrons. The average Bonchev–Trinajstić information content (AvgIpc) is 3.09. The van der Waals surface area contributed by atoms with Gasteiger partial charge in [0, 0.05) is 13.6 Å². The van der Waals surface area contributed by atoms with E-state index in [0.29, 0.717) is 0 Å². The van der Waals surface area contributed by atoms with Crippen LogP contribution in [0.1, 0.15) is 19.0 Å². The van der Waals surface area contributed by atoms with Crippen molar-refractivity contribution in [3.63, 3.8) is 0 Å². The van der Waals surface area contributed by atoms with Crippen LogP contribution < -0.4 is 10.6 Å². The van der Waals surface area contributed by atoms with Crippen molar-refractivity contribution in [2.24, 2.45) is 7.05 Å². The van der Waals surface area contributed by atoms with Gasteiger partial charge >= 0.3 is 12.2 Å². The van der Waals surface area contributed by atoms with Gasteiger partial charge in [0.25, 0.3) is 0 Å². The van der Waals surface area contributed by atoms with Crippen LogP contribution in [0.25, 0.3) is 22.6 Å². The lowest BCUT2D eigenvalue weighted by atomic mass is 10.3. The van der Waals surface area contributed by atoms with E-state index in [-0.39, 0.29) is 52.0 Å². The number of rotatable bonds is 6. The van der Waals surface area contributed by atoms with Crippen molar-refractivity contribution in [2.45, 2.75) is 24.4 Å². The molecule has 2 N–H and O–H groups in total. The quantitative estimate of drug-likeness (QED) is 0.516. The molecule has 14 heteroatoms. The molecule has 0 aliphatic heterocycles. The summed E-state index contributed by atoms with van der Waals surface area (Å²) in [5.41, 5.74) is -1.10. The number of pyridine rings is 2. The monoisotopic (exact) mass is 481 g/mol. The fraction of sp³-hybridized carbons (Fsp3) is 0.316. The van der Waals surface area contributed by atoms with E-state index in [9.17, 15) is 26.4 Å². The summed E-state index contributed by atoms with van der Waals surface area (Å²) in [7, 11) is -2.32. The average molecular weight is 481 g/mol. The smallest absolute Gasteiger partial charge is 0.337 e. The maximum absolute atomic E-state index is 13.0. The number of nitrogens with zero attached hydrogens (tertiary/aromatic N) is 5. The highest BCUT2D eigenvalue weighted by Crippen LogP contribution is 2.32. The molecule has 0 fully saturated rings. The molecule has 0 radical (unpaired) electrons. The summed E-state index contributed by atoms with van der Waals surface area (Å²) in [5, 5.41) is 13.4. The summed E-state index contributed by atoms with van der Waals surface area (Å²) in [4.78, 5) is 23.6. The number of aromatic nitrogens is 4. The molecule has 3 aromatic heterocycles. The molecule has 3 rings (SSSR count). The van der Waals surface area contributed by atoms with Crippen LogP contribution in [0.4, 0.5) is 23.8 Å². The fourth-order valence-corrected chi connectivity index (χ4v) is 3.95. The second-order valence-electron chi connectivity index (χ2n) is 6.79. The van der Waals surface area contributed by atoms with Crippen LogP contribution in [0.3, 0.4) is 0 Å². The van der Waals surface area contributed by atoms with Crippen LogP contribution in [0.15, 0.2) is 29.3 Å². The number of urea groups is 1. The Morgan fingerprint density at radius 2 is 2.00 bits per heavy atom. The van der Waals surface area contributed by atoms with E-state index in [1.165, 1.54) is 30.7 Å². The summed E-state index contributed by atoms with van der Waals surface area (Å²) < 4.78 is 65.8. The van der Waals surface area contributed by atoms with Gasteiger partial charge in [-0.2, -0.15) is 18.4 Å². The minimum absolute atomic E-state index is 0.0179. The van der Waals surface area contributed by atoms with Crippen molar-refractivity contribution in [2.75, 3.05) is 17.6 Å². The highest BCUT2D eigenvalue weighted by Gasteiger charge is 2.33. The highest BCUT2D eigenvalue weighted by atomic mass is 32.2. The van der Waals surface area contributed by atoms with Gasteiger partial charge in [-0.3, -0.25) is 5.32 Å². The third kappa shape index (κ3) is 5.03. The van der Waals surface area contributed by atoms with Crippen LogP contribution in [0, 0.1) is 11.3 Å². The molecular weight excluding hydrogens is 463 g/mol. The predicted octanol–water partition coefficient (Wildman–Crippen LogP) is 2.88. The zero-order valence-electron chi connectivity index (χ0n) is 17.4. The van der Waals surface area contributed by atoms with Crippen LogP contribution in [0.5, 0.6) is 0 Å². The number of imidazole rings is 1. The fourth-order valence-electron chi connectivity index (χ4n) is 2.93. The van der Waals surface area contributed by atoms with E-state index in [1.54, 1.807) is 0 Å². The zero-order chi connectivity index (χ0) is 24.4. The number of hydrogen-bond donors (Lipinski definition) is 2. The first-order chi connectivity index (χ1) is 15.5. The van der Waals surface area contributed by atoms with E-state index in [0.717, 1.165) is 12.3 Å². The van der Waals surface area contributed by atoms with Crippen molar-refractivity contribution in [3.8, 4) is 17.6 Å². The SMILES string of the molecule is CCS(=O)(=O)c1ccc(NC(=O)NCCC#N)nc1-c1nc2cc(C(F)(F)F)ncc2n1C. The number of aryl methyl sites for hydroxylation is 1. The third-order valence-corrected chi connectivity index (χ3v) is 6.37. The largest absolute Gasteiger partial charge is 0.433 e. The Morgan fingerprint density at radius 3 is 2.64 bits per heavy atom. The van der Waals surface area contributed by atoms with Gasteiger partial charge in [0.05, 0.1) is 40.4 Å². The minimum Gasteiger partial charge on any atom is -0.337 e. The topological polar surface area (TPSA) is 143 Å². The number of sulfone groups is 1. The Hall–Kier alpha value is -3.73. The lowest BCUT2D eigenvalue weighted by Crippen LogP contribution is -2.29. The molecular formula is C19H18F3N7O3S. The first-order valence-corrected chi connectivity index (χ1v) is 11.2. The number of nitriles is 1. The number of halogens is 3. The molecule has 0 saturated carbocycles. The summed E-state index contributed by atoms with van der Waals surface area (Å²) in [6.45, 7) is 1.53. The van der Waals surface area contributed by atoms with Gasteiger partial charge in [-0.15, -0.1) is 0 Å². The van der Waals surface area contributed by atoms with Gasteiger partial charge < -0.3 is 9.88 Å². The third-order valence-electron chi connectivity index (χ3n) is 4.61. The normalized spacial score (nSPS) is 11.9. The second-order valence-corrected chi connectivity index (χ2v) is 9.03. The number of fused-ring (bicyclic) bond motifs is 1. The van der Waals surface area contributed by atoms with Gasteiger partial charge in [-0.25, -0.2) is 28.2 Å². The first kappa shape index (κ1) is 23.9. The molecule has 0 aliphatic rings. The van der Waals surface area contributed by atoms with Gasteiger partial charge in [0.2, 0.25) is 0 Å². The standard InChI is InChI=1S/C19H18F3N7O3S/c1-3-33(31,32)13-5-6-15(28-18(30)24-8-4-7-23)27-16(13)17-26-11-9-14(19(20,21)22)25-10-12(11)29(17)2/h5-6,9-10H,3-4,8H2,1-2H3,(H2,24,27,28,30). The number of hydrogen-bond acceptors (Lipinski definition) is 7. The van der Waals surface area contributed by atoms with Crippen molar-refractivity contribution in [1.29, 1.82) is 5.26 Å². The Kier molecular flexibility index (Phi) is 6.54. The zero-order valence-corrected chi connectivity index (χ0v) is 18.3. The highest BCUT2D eigenvalue weighted by molar-refractivity contribution is 7.91. The Balaban J connectivity index is 2.13.